The van der Waals surface area contributed by atoms with Crippen molar-refractivity contribution >= 4 is 0 Å². The van der Waals surface area contributed by atoms with Crippen LogP contribution in [0.1, 0.15) is 49.7 Å². The second kappa shape index (κ2) is 5.00. The zero-order valence-corrected chi connectivity index (χ0v) is 16.0. The third kappa shape index (κ3) is 1.77. The predicted molar refractivity (Wildman–Crippen MR) is 99.8 cm³/mol. The lowest BCUT2D eigenvalue weighted by atomic mass is 9.48. The van der Waals surface area contributed by atoms with Crippen LogP contribution in [0, 0.1) is 5.92 Å². The number of benzene rings is 1. The zero-order valence-electron chi connectivity index (χ0n) is 16.0. The van der Waals surface area contributed by atoms with E-state index in [1.807, 2.05) is 6.07 Å². The Labute approximate surface area is 160 Å². The first-order valence-electron chi connectivity index (χ1n) is 10.7. The van der Waals surface area contributed by atoms with Crippen molar-refractivity contribution in [2.75, 3.05) is 20.1 Å². The fraction of sp³-hybridized carbons (Fsp3) is 0.727. The van der Waals surface area contributed by atoms with Gasteiger partial charge in [0, 0.05) is 24.3 Å². The largest absolute Gasteiger partial charge is 0.504 e. The first-order valence-corrected chi connectivity index (χ1v) is 10.7. The summed E-state index contributed by atoms with van der Waals surface area (Å²) in [5.41, 5.74) is 0.750. The quantitative estimate of drug-likeness (QED) is 0.693. The number of phenols is 1. The van der Waals surface area contributed by atoms with Gasteiger partial charge in [-0.25, -0.2) is 0 Å². The molecule has 6 rings (SSSR count). The number of likely N-dealkylation sites (tertiary alicyclic amines) is 1. The minimum atomic E-state index is -0.875. The van der Waals surface area contributed by atoms with E-state index in [-0.39, 0.29) is 11.8 Å². The van der Waals surface area contributed by atoms with Crippen LogP contribution in [0.15, 0.2) is 12.1 Å². The molecule has 2 bridgehead atoms. The van der Waals surface area contributed by atoms with Crippen molar-refractivity contribution in [3.8, 4) is 11.5 Å². The molecular weight excluding hydrogens is 342 g/mol. The van der Waals surface area contributed by atoms with E-state index in [0.717, 1.165) is 41.9 Å². The van der Waals surface area contributed by atoms with Crippen LogP contribution >= 0.6 is 0 Å². The zero-order chi connectivity index (χ0) is 18.6. The normalized spacial score (nSPS) is 47.1. The lowest BCUT2D eigenvalue weighted by molar-refractivity contribution is -0.952. The first kappa shape index (κ1) is 16.6. The molecule has 5 heteroatoms. The molecule has 1 aromatic carbocycles. The maximum absolute atomic E-state index is 12.3. The predicted octanol–water partition coefficient (Wildman–Crippen LogP) is 1.85. The molecule has 0 aromatic heterocycles. The van der Waals surface area contributed by atoms with E-state index in [1.54, 1.807) is 6.07 Å². The second-order valence-electron chi connectivity index (χ2n) is 10.1. The molecule has 1 aromatic rings. The molecular formula is C22H30NO4+. The summed E-state index contributed by atoms with van der Waals surface area (Å²) in [6, 6.07) is 3.88. The molecule has 3 N–H and O–H groups in total. The molecule has 2 heterocycles. The number of piperidine rings is 1. The van der Waals surface area contributed by atoms with Gasteiger partial charge in [-0.15, -0.1) is 0 Å². The van der Waals surface area contributed by atoms with E-state index in [0.29, 0.717) is 18.6 Å². The number of quaternary nitrogens is 1. The molecule has 2 saturated carbocycles. The molecule has 5 nitrogen and oxygen atoms in total. The molecule has 146 valence electrons. The summed E-state index contributed by atoms with van der Waals surface area (Å²) in [6.07, 6.45) is 5.78. The summed E-state index contributed by atoms with van der Waals surface area (Å²) in [7, 11) is 2.34. The number of phenolic OH excluding ortho intramolecular Hbond substituents is 1. The summed E-state index contributed by atoms with van der Waals surface area (Å²) < 4.78 is 7.13. The average molecular weight is 372 g/mol. The third-order valence-electron chi connectivity index (χ3n) is 8.98. The van der Waals surface area contributed by atoms with Crippen molar-refractivity contribution in [2.24, 2.45) is 5.92 Å². The molecule has 2 aliphatic heterocycles. The summed E-state index contributed by atoms with van der Waals surface area (Å²) >= 11 is 0. The summed E-state index contributed by atoms with van der Waals surface area (Å²) in [5, 5.41) is 33.5. The Bertz CT molecular complexity index is 823. The average Bonchev–Trinajstić information content (AvgIpc) is 2.97. The molecule has 0 amide bonds. The van der Waals surface area contributed by atoms with Gasteiger partial charge in [0.05, 0.1) is 31.7 Å². The number of ether oxygens (including phenoxy) is 1. The van der Waals surface area contributed by atoms with E-state index in [1.165, 1.54) is 24.8 Å². The number of hydrogen-bond acceptors (Lipinski definition) is 4. The minimum Gasteiger partial charge on any atom is -0.504 e. The number of aliphatic hydroxyl groups is 2. The van der Waals surface area contributed by atoms with Gasteiger partial charge in [0.2, 0.25) is 0 Å². The summed E-state index contributed by atoms with van der Waals surface area (Å²) in [5.74, 6) is 1.45. The van der Waals surface area contributed by atoms with Gasteiger partial charge in [-0.2, -0.15) is 0 Å². The topological polar surface area (TPSA) is 69.9 Å². The number of aliphatic hydroxyl groups excluding tert-OH is 1. The van der Waals surface area contributed by atoms with Gasteiger partial charge in [-0.1, -0.05) is 12.5 Å². The first-order chi connectivity index (χ1) is 12.9. The molecule has 3 unspecified atom stereocenters. The molecule has 6 atom stereocenters. The van der Waals surface area contributed by atoms with E-state index in [4.69, 9.17) is 4.74 Å². The minimum absolute atomic E-state index is 0.133. The lowest BCUT2D eigenvalue weighted by Gasteiger charge is -2.65. The van der Waals surface area contributed by atoms with E-state index >= 15 is 0 Å². The Morgan fingerprint density at radius 3 is 2.78 bits per heavy atom. The van der Waals surface area contributed by atoms with Crippen LogP contribution in [0.4, 0.5) is 0 Å². The Balaban J connectivity index is 1.55. The SMILES string of the molecule is C[N@+]1(CC2CCC2)CC[C@@]23c4c5ccc(O)c4OC2[C@H](O)CCC3(O)C1C5. The Hall–Kier alpha value is -1.30. The lowest BCUT2D eigenvalue weighted by Crippen LogP contribution is -2.81. The molecule has 0 radical (unpaired) electrons. The summed E-state index contributed by atoms with van der Waals surface area (Å²) in [4.78, 5) is 0. The van der Waals surface area contributed by atoms with Crippen LogP contribution in [0.25, 0.3) is 0 Å². The van der Waals surface area contributed by atoms with Crippen molar-refractivity contribution in [3.63, 3.8) is 0 Å². The highest BCUT2D eigenvalue weighted by atomic mass is 16.5. The molecule has 1 saturated heterocycles. The molecule has 3 aliphatic carbocycles. The van der Waals surface area contributed by atoms with Gasteiger partial charge in [-0.05, 0) is 37.3 Å². The van der Waals surface area contributed by atoms with Crippen molar-refractivity contribution < 1.29 is 24.5 Å². The number of aromatic hydroxyl groups is 1. The van der Waals surface area contributed by atoms with Crippen molar-refractivity contribution in [2.45, 2.75) is 74.2 Å². The second-order valence-corrected chi connectivity index (χ2v) is 10.1. The number of likely N-dealkylation sites (N-methyl/N-ethyl adjacent to an activating group) is 1. The fourth-order valence-corrected chi connectivity index (χ4v) is 7.51. The van der Waals surface area contributed by atoms with Crippen molar-refractivity contribution in [1.29, 1.82) is 0 Å². The van der Waals surface area contributed by atoms with E-state index in [9.17, 15) is 15.3 Å². The molecule has 27 heavy (non-hydrogen) atoms. The highest BCUT2D eigenvalue weighted by molar-refractivity contribution is 5.62. The molecule has 5 aliphatic rings. The maximum Gasteiger partial charge on any atom is 0.165 e. The number of rotatable bonds is 2. The van der Waals surface area contributed by atoms with Crippen LogP contribution in [0.2, 0.25) is 0 Å². The standard InChI is InChI=1S/C22H29NO4/c1-23(12-13-3-2-4-13)10-9-21-18-14-5-6-15(24)19(18)27-20(21)16(25)7-8-22(21,26)17(23)11-14/h5-6,13,16-17,20,25-26H,2-4,7-12H2,1H3/p+1/t16-,17?,20?,21-,22?,23-/m1/s1. The van der Waals surface area contributed by atoms with E-state index < -0.39 is 23.2 Å². The van der Waals surface area contributed by atoms with Crippen LogP contribution in [0.5, 0.6) is 11.5 Å². The van der Waals surface area contributed by atoms with Gasteiger partial charge in [-0.3, -0.25) is 0 Å². The van der Waals surface area contributed by atoms with Crippen LogP contribution in [-0.2, 0) is 11.8 Å². The van der Waals surface area contributed by atoms with Gasteiger partial charge in [0.15, 0.2) is 11.5 Å². The number of nitrogens with zero attached hydrogens (tertiary/aromatic N) is 1. The third-order valence-corrected chi connectivity index (χ3v) is 8.98. The highest BCUT2D eigenvalue weighted by Crippen LogP contribution is 2.66. The fourth-order valence-electron chi connectivity index (χ4n) is 7.51. The Kier molecular flexibility index (Phi) is 3.08. The van der Waals surface area contributed by atoms with Gasteiger partial charge in [0.25, 0.3) is 0 Å². The van der Waals surface area contributed by atoms with Crippen LogP contribution < -0.4 is 4.74 Å². The van der Waals surface area contributed by atoms with Gasteiger partial charge >= 0.3 is 0 Å². The van der Waals surface area contributed by atoms with E-state index in [2.05, 4.69) is 7.05 Å². The van der Waals surface area contributed by atoms with Gasteiger partial charge < -0.3 is 24.5 Å². The maximum atomic E-state index is 12.3. The monoisotopic (exact) mass is 372 g/mol. The summed E-state index contributed by atoms with van der Waals surface area (Å²) in [6.45, 7) is 2.15. The Morgan fingerprint density at radius 1 is 1.22 bits per heavy atom. The number of hydrogen-bond donors (Lipinski definition) is 3. The van der Waals surface area contributed by atoms with Crippen molar-refractivity contribution in [1.82, 2.24) is 0 Å². The molecule has 3 fully saturated rings. The molecule has 1 spiro atoms. The van der Waals surface area contributed by atoms with Crippen LogP contribution in [-0.4, -0.2) is 63.8 Å². The highest BCUT2D eigenvalue weighted by Gasteiger charge is 2.76. The smallest absolute Gasteiger partial charge is 0.165 e. The Morgan fingerprint density at radius 2 is 2.04 bits per heavy atom. The van der Waals surface area contributed by atoms with Gasteiger partial charge in [0.1, 0.15) is 17.7 Å². The van der Waals surface area contributed by atoms with Crippen LogP contribution in [0.3, 0.4) is 0 Å². The van der Waals surface area contributed by atoms with Crippen molar-refractivity contribution in [3.05, 3.63) is 23.3 Å².